The first-order valence-electron chi connectivity index (χ1n) is 8.56. The number of nitrogens with zero attached hydrogens (tertiary/aromatic N) is 2. The van der Waals surface area contributed by atoms with Crippen LogP contribution in [0.25, 0.3) is 10.2 Å². The second kappa shape index (κ2) is 7.75. The molecule has 2 heterocycles. The molecule has 0 aliphatic heterocycles. The molecular formula is C19H24N2O6S. The summed E-state index contributed by atoms with van der Waals surface area (Å²) in [6.07, 6.45) is -0.375. The van der Waals surface area contributed by atoms with Gasteiger partial charge in [-0.1, -0.05) is 0 Å². The highest BCUT2D eigenvalue weighted by atomic mass is 32.1. The predicted octanol–water partition coefficient (Wildman–Crippen LogP) is 4.76. The third kappa shape index (κ3) is 4.98. The van der Waals surface area contributed by atoms with Crippen LogP contribution in [-0.4, -0.2) is 41.5 Å². The highest BCUT2D eigenvalue weighted by molar-refractivity contribution is 7.21. The highest BCUT2D eigenvalue weighted by Crippen LogP contribution is 2.39. The number of aromatic nitrogens is 1. The van der Waals surface area contributed by atoms with E-state index < -0.39 is 29.4 Å². The average molecular weight is 408 g/mol. The molecule has 2 rings (SSSR count). The fraction of sp³-hybridized carbons (Fsp3) is 0.474. The van der Waals surface area contributed by atoms with Crippen LogP contribution in [0.3, 0.4) is 0 Å². The smallest absolute Gasteiger partial charge is 0.424 e. The third-order valence-electron chi connectivity index (χ3n) is 3.19. The molecule has 0 spiro atoms. The van der Waals surface area contributed by atoms with Crippen molar-refractivity contribution in [3.05, 3.63) is 23.2 Å². The van der Waals surface area contributed by atoms with Gasteiger partial charge in [-0.05, 0) is 53.7 Å². The maximum atomic E-state index is 12.9. The maximum Gasteiger partial charge on any atom is 0.424 e. The van der Waals surface area contributed by atoms with Gasteiger partial charge in [0.1, 0.15) is 20.9 Å². The largest absolute Gasteiger partial charge is 0.465 e. The van der Waals surface area contributed by atoms with E-state index in [1.807, 2.05) is 0 Å². The minimum Gasteiger partial charge on any atom is -0.465 e. The van der Waals surface area contributed by atoms with Crippen LogP contribution < -0.4 is 4.90 Å². The van der Waals surface area contributed by atoms with Crippen molar-refractivity contribution in [2.24, 2.45) is 0 Å². The van der Waals surface area contributed by atoms with E-state index in [1.54, 1.807) is 59.9 Å². The van der Waals surface area contributed by atoms with Crippen molar-refractivity contribution in [1.29, 1.82) is 0 Å². The quantitative estimate of drug-likeness (QED) is 0.522. The second-order valence-corrected chi connectivity index (χ2v) is 8.92. The molecule has 0 aliphatic rings. The van der Waals surface area contributed by atoms with Gasteiger partial charge < -0.3 is 14.2 Å². The van der Waals surface area contributed by atoms with E-state index in [0.29, 0.717) is 10.2 Å². The number of fused-ring (bicyclic) bond motifs is 1. The Morgan fingerprint density at radius 3 is 2.00 bits per heavy atom. The molecule has 8 nitrogen and oxygen atoms in total. The molecule has 0 aromatic carbocycles. The SMILES string of the molecule is COC(=O)c1sc2ncccc2c1N(C(=O)OC(C)(C)C)C(=O)OC(C)(C)C. The van der Waals surface area contributed by atoms with Gasteiger partial charge in [-0.3, -0.25) is 0 Å². The Morgan fingerprint density at radius 1 is 1.00 bits per heavy atom. The van der Waals surface area contributed by atoms with Gasteiger partial charge >= 0.3 is 18.2 Å². The molecule has 28 heavy (non-hydrogen) atoms. The van der Waals surface area contributed by atoms with E-state index in [4.69, 9.17) is 14.2 Å². The van der Waals surface area contributed by atoms with E-state index in [2.05, 4.69) is 4.98 Å². The Hall–Kier alpha value is -2.68. The van der Waals surface area contributed by atoms with Gasteiger partial charge in [0.25, 0.3) is 0 Å². The summed E-state index contributed by atoms with van der Waals surface area (Å²) in [5.74, 6) is -0.699. The molecule has 0 fully saturated rings. The second-order valence-electron chi connectivity index (χ2n) is 7.92. The standard InChI is InChI=1S/C19H24N2O6S/c1-18(2,3)26-16(23)21(17(24)27-19(4,5)6)12-11-9-8-10-20-14(11)28-13(12)15(22)25-7/h8-10H,1-7H3. The summed E-state index contributed by atoms with van der Waals surface area (Å²) >= 11 is 1.01. The minimum absolute atomic E-state index is 0.0310. The Labute approximate surface area is 167 Å². The van der Waals surface area contributed by atoms with E-state index in [-0.39, 0.29) is 10.6 Å². The molecule has 0 atom stereocenters. The lowest BCUT2D eigenvalue weighted by molar-refractivity contribution is 0.0431. The molecule has 0 N–H and O–H groups in total. The van der Waals surface area contributed by atoms with Gasteiger partial charge in [0.2, 0.25) is 0 Å². The monoisotopic (exact) mass is 408 g/mol. The van der Waals surface area contributed by atoms with Crippen LogP contribution in [0.2, 0.25) is 0 Å². The van der Waals surface area contributed by atoms with Gasteiger partial charge in [0, 0.05) is 11.6 Å². The molecule has 152 valence electrons. The van der Waals surface area contributed by atoms with E-state index in [0.717, 1.165) is 16.2 Å². The number of imide groups is 1. The Balaban J connectivity index is 2.70. The van der Waals surface area contributed by atoms with E-state index in [9.17, 15) is 14.4 Å². The number of hydrogen-bond acceptors (Lipinski definition) is 8. The predicted molar refractivity (Wildman–Crippen MR) is 106 cm³/mol. The molecule has 0 saturated carbocycles. The number of ether oxygens (including phenoxy) is 3. The zero-order valence-electron chi connectivity index (χ0n) is 17.0. The first kappa shape index (κ1) is 21.6. The first-order chi connectivity index (χ1) is 12.8. The molecule has 2 aromatic rings. The van der Waals surface area contributed by atoms with Gasteiger partial charge in [0.15, 0.2) is 0 Å². The van der Waals surface area contributed by atoms with Crippen LogP contribution in [-0.2, 0) is 14.2 Å². The number of hydrogen-bond donors (Lipinski definition) is 0. The van der Waals surface area contributed by atoms with Crippen molar-refractivity contribution >= 4 is 45.4 Å². The number of esters is 1. The number of rotatable bonds is 2. The van der Waals surface area contributed by atoms with Crippen LogP contribution in [0.5, 0.6) is 0 Å². The topological polar surface area (TPSA) is 95.0 Å². The van der Waals surface area contributed by atoms with Crippen molar-refractivity contribution in [2.45, 2.75) is 52.7 Å². The van der Waals surface area contributed by atoms with Gasteiger partial charge in [-0.25, -0.2) is 19.4 Å². The number of amides is 2. The van der Waals surface area contributed by atoms with Crippen LogP contribution in [0.4, 0.5) is 15.3 Å². The zero-order valence-corrected chi connectivity index (χ0v) is 17.8. The maximum absolute atomic E-state index is 12.9. The van der Waals surface area contributed by atoms with Crippen LogP contribution in [0, 0.1) is 0 Å². The summed E-state index contributed by atoms with van der Waals surface area (Å²) in [5, 5.41) is 0.435. The molecule has 0 bridgehead atoms. The Bertz CT molecular complexity index is 879. The van der Waals surface area contributed by atoms with Crippen LogP contribution in [0.15, 0.2) is 18.3 Å². The lowest BCUT2D eigenvalue weighted by Crippen LogP contribution is -2.44. The molecule has 0 unspecified atom stereocenters. The molecule has 9 heteroatoms. The van der Waals surface area contributed by atoms with Crippen molar-refractivity contribution < 1.29 is 28.6 Å². The van der Waals surface area contributed by atoms with Gasteiger partial charge in [-0.15, -0.1) is 11.3 Å². The summed E-state index contributed by atoms with van der Waals surface area (Å²) in [6.45, 7) is 10.0. The number of thiophene rings is 1. The highest BCUT2D eigenvalue weighted by Gasteiger charge is 2.37. The number of carbonyl (C=O) groups excluding carboxylic acids is 3. The first-order valence-corrected chi connectivity index (χ1v) is 9.37. The lowest BCUT2D eigenvalue weighted by atomic mass is 10.2. The lowest BCUT2D eigenvalue weighted by Gasteiger charge is -2.28. The van der Waals surface area contributed by atoms with Crippen molar-refractivity contribution in [3.8, 4) is 0 Å². The van der Waals surface area contributed by atoms with E-state index in [1.165, 1.54) is 7.11 Å². The third-order valence-corrected chi connectivity index (χ3v) is 4.27. The van der Waals surface area contributed by atoms with Crippen molar-refractivity contribution in [1.82, 2.24) is 4.98 Å². The number of carbonyl (C=O) groups is 3. The molecule has 0 radical (unpaired) electrons. The fourth-order valence-corrected chi connectivity index (χ4v) is 3.29. The van der Waals surface area contributed by atoms with Gasteiger partial charge in [-0.2, -0.15) is 4.90 Å². The molecule has 0 saturated heterocycles. The summed E-state index contributed by atoms with van der Waals surface area (Å²) < 4.78 is 15.6. The van der Waals surface area contributed by atoms with E-state index >= 15 is 0 Å². The normalized spacial score (nSPS) is 11.8. The molecule has 0 aliphatic carbocycles. The summed E-state index contributed by atoms with van der Waals surface area (Å²) in [7, 11) is 1.22. The molecule has 2 amide bonds. The summed E-state index contributed by atoms with van der Waals surface area (Å²) in [6, 6.07) is 3.30. The Kier molecular flexibility index (Phi) is 5.98. The minimum atomic E-state index is -0.963. The number of methoxy groups -OCH3 is 1. The summed E-state index contributed by atoms with van der Waals surface area (Å²) in [5.41, 5.74) is -1.71. The number of pyridine rings is 1. The van der Waals surface area contributed by atoms with Crippen molar-refractivity contribution in [2.75, 3.05) is 12.0 Å². The van der Waals surface area contributed by atoms with Crippen LogP contribution >= 0.6 is 11.3 Å². The molecule has 2 aromatic heterocycles. The van der Waals surface area contributed by atoms with Gasteiger partial charge in [0.05, 0.1) is 12.8 Å². The average Bonchev–Trinajstić information content (AvgIpc) is 2.90. The fourth-order valence-electron chi connectivity index (χ4n) is 2.24. The summed E-state index contributed by atoms with van der Waals surface area (Å²) in [4.78, 5) is 43.7. The number of anilines is 1. The van der Waals surface area contributed by atoms with Crippen LogP contribution in [0.1, 0.15) is 51.2 Å². The van der Waals surface area contributed by atoms with Crippen molar-refractivity contribution in [3.63, 3.8) is 0 Å². The Morgan fingerprint density at radius 2 is 1.54 bits per heavy atom. The zero-order chi connectivity index (χ0) is 21.3. The molecular weight excluding hydrogens is 384 g/mol.